The van der Waals surface area contributed by atoms with Crippen LogP contribution in [-0.4, -0.2) is 40.1 Å². The van der Waals surface area contributed by atoms with Gasteiger partial charge in [-0.1, -0.05) is 0 Å². The summed E-state index contributed by atoms with van der Waals surface area (Å²) in [6.45, 7) is 1.74. The second-order valence-electron chi connectivity index (χ2n) is 6.27. The number of ether oxygens (including phenoxy) is 1. The van der Waals surface area contributed by atoms with Crippen LogP contribution in [0.3, 0.4) is 0 Å². The fourth-order valence-corrected chi connectivity index (χ4v) is 4.66. The summed E-state index contributed by atoms with van der Waals surface area (Å²) >= 11 is 1.40. The van der Waals surface area contributed by atoms with Crippen molar-refractivity contribution < 1.29 is 19.4 Å². The summed E-state index contributed by atoms with van der Waals surface area (Å²) in [5, 5.41) is 9.91. The van der Waals surface area contributed by atoms with Crippen molar-refractivity contribution in [1.29, 1.82) is 0 Å². The highest BCUT2D eigenvalue weighted by Gasteiger charge is 2.32. The fraction of sp³-hybridized carbons (Fsp3) is 0.529. The number of carbonyl (C=O) groups excluding carboxylic acids is 1. The Balaban J connectivity index is 2.27. The first kappa shape index (κ1) is 17.8. The number of aromatic nitrogens is 2. The maximum atomic E-state index is 13.1. The number of thiophene rings is 1. The number of carboxylic acids is 1. The molecule has 0 fully saturated rings. The van der Waals surface area contributed by atoms with Crippen molar-refractivity contribution in [2.45, 2.75) is 45.1 Å². The molecule has 0 spiro atoms. The molecule has 0 saturated carbocycles. The van der Waals surface area contributed by atoms with Crippen LogP contribution in [0.25, 0.3) is 10.2 Å². The third kappa shape index (κ3) is 3.23. The molecule has 0 aliphatic heterocycles. The van der Waals surface area contributed by atoms with Gasteiger partial charge in [-0.05, 0) is 31.7 Å². The van der Waals surface area contributed by atoms with E-state index < -0.39 is 11.9 Å². The van der Waals surface area contributed by atoms with Gasteiger partial charge in [-0.15, -0.1) is 11.3 Å². The summed E-state index contributed by atoms with van der Waals surface area (Å²) in [5.74, 6) is -1.25. The predicted molar refractivity (Wildman–Crippen MR) is 93.5 cm³/mol. The van der Waals surface area contributed by atoms with Crippen LogP contribution in [0.4, 0.5) is 0 Å². The van der Waals surface area contributed by atoms with E-state index in [2.05, 4.69) is 4.98 Å². The Morgan fingerprint density at radius 3 is 2.84 bits per heavy atom. The molecule has 3 rings (SSSR count). The van der Waals surface area contributed by atoms with Crippen molar-refractivity contribution in [3.8, 4) is 0 Å². The van der Waals surface area contributed by atoms with Crippen molar-refractivity contribution in [3.63, 3.8) is 0 Å². The Morgan fingerprint density at radius 2 is 2.20 bits per heavy atom. The summed E-state index contributed by atoms with van der Waals surface area (Å²) < 4.78 is 6.44. The first-order valence-electron chi connectivity index (χ1n) is 8.20. The van der Waals surface area contributed by atoms with Gasteiger partial charge in [0.15, 0.2) is 0 Å². The van der Waals surface area contributed by atoms with E-state index in [9.17, 15) is 19.5 Å². The highest BCUT2D eigenvalue weighted by atomic mass is 32.1. The number of carboxylic acid groups (broad SMARTS) is 1. The normalized spacial score (nSPS) is 16.8. The number of hydrogen-bond acceptors (Lipinski definition) is 6. The van der Waals surface area contributed by atoms with E-state index in [4.69, 9.17) is 4.74 Å². The lowest BCUT2D eigenvalue weighted by Crippen LogP contribution is -2.29. The standard InChI is InChI=1S/C17H20N2O5S/c1-9(20)8-19-12(6-7-24-2)18-15-14(16(19)21)13-10(17(22)23)4-3-5-11(13)25-15/h10H,3-8H2,1-2H3,(H,22,23). The van der Waals surface area contributed by atoms with Gasteiger partial charge in [0.1, 0.15) is 16.4 Å². The maximum Gasteiger partial charge on any atom is 0.311 e. The van der Waals surface area contributed by atoms with Crippen LogP contribution in [-0.2, 0) is 33.7 Å². The number of aliphatic carboxylic acids is 1. The van der Waals surface area contributed by atoms with Crippen LogP contribution in [0, 0.1) is 0 Å². The zero-order chi connectivity index (χ0) is 18.1. The highest BCUT2D eigenvalue weighted by molar-refractivity contribution is 7.18. The molecule has 2 heterocycles. The average molecular weight is 364 g/mol. The van der Waals surface area contributed by atoms with E-state index in [-0.39, 0.29) is 17.9 Å². The molecule has 0 saturated heterocycles. The van der Waals surface area contributed by atoms with Gasteiger partial charge in [0.2, 0.25) is 0 Å². The lowest BCUT2D eigenvalue weighted by molar-refractivity contribution is -0.139. The van der Waals surface area contributed by atoms with Gasteiger partial charge in [-0.2, -0.15) is 0 Å². The number of Topliss-reactive ketones (excluding diaryl/α,β-unsaturated/α-hetero) is 1. The molecule has 1 atom stereocenters. The number of fused-ring (bicyclic) bond motifs is 3. The summed E-state index contributed by atoms with van der Waals surface area (Å²) in [4.78, 5) is 42.4. The van der Waals surface area contributed by atoms with Crippen molar-refractivity contribution in [2.75, 3.05) is 13.7 Å². The van der Waals surface area contributed by atoms with Gasteiger partial charge in [-0.25, -0.2) is 4.98 Å². The molecule has 1 aliphatic carbocycles. The summed E-state index contributed by atoms with van der Waals surface area (Å²) in [6, 6.07) is 0. The topological polar surface area (TPSA) is 98.5 Å². The van der Waals surface area contributed by atoms with E-state index in [1.807, 2.05) is 0 Å². The molecule has 0 bridgehead atoms. The van der Waals surface area contributed by atoms with Crippen LogP contribution >= 0.6 is 11.3 Å². The number of hydrogen-bond donors (Lipinski definition) is 1. The quantitative estimate of drug-likeness (QED) is 0.838. The zero-order valence-electron chi connectivity index (χ0n) is 14.2. The lowest BCUT2D eigenvalue weighted by Gasteiger charge is -2.19. The average Bonchev–Trinajstić information content (AvgIpc) is 2.93. The van der Waals surface area contributed by atoms with Crippen molar-refractivity contribution in [3.05, 3.63) is 26.6 Å². The van der Waals surface area contributed by atoms with Crippen LogP contribution in [0.5, 0.6) is 0 Å². The minimum atomic E-state index is -0.915. The largest absolute Gasteiger partial charge is 0.481 e. The minimum absolute atomic E-state index is 0.0663. The molecule has 0 amide bonds. The molecule has 2 aromatic heterocycles. The molecule has 0 radical (unpaired) electrons. The SMILES string of the molecule is COCCc1nc2sc3c(c2c(=O)n1CC(C)=O)C(C(=O)O)CCC3. The summed E-state index contributed by atoms with van der Waals surface area (Å²) in [5.41, 5.74) is 0.281. The van der Waals surface area contributed by atoms with Gasteiger partial charge < -0.3 is 9.84 Å². The van der Waals surface area contributed by atoms with Crippen molar-refractivity contribution in [1.82, 2.24) is 9.55 Å². The molecule has 0 aromatic carbocycles. The molecule has 8 heteroatoms. The molecular formula is C17H20N2O5S. The monoisotopic (exact) mass is 364 g/mol. The number of rotatable bonds is 6. The maximum absolute atomic E-state index is 13.1. The fourth-order valence-electron chi connectivity index (χ4n) is 3.37. The number of aryl methyl sites for hydroxylation is 1. The molecule has 134 valence electrons. The van der Waals surface area contributed by atoms with Gasteiger partial charge in [0.05, 0.1) is 24.5 Å². The van der Waals surface area contributed by atoms with Crippen molar-refractivity contribution in [2.24, 2.45) is 0 Å². The zero-order valence-corrected chi connectivity index (χ0v) is 15.0. The summed E-state index contributed by atoms with van der Waals surface area (Å²) in [6.07, 6.45) is 2.49. The first-order chi connectivity index (χ1) is 11.9. The van der Waals surface area contributed by atoms with E-state index in [0.29, 0.717) is 41.1 Å². The molecular weight excluding hydrogens is 344 g/mol. The second kappa shape index (κ2) is 7.05. The van der Waals surface area contributed by atoms with Crippen LogP contribution in [0.15, 0.2) is 4.79 Å². The molecule has 1 aliphatic rings. The van der Waals surface area contributed by atoms with Gasteiger partial charge >= 0.3 is 5.97 Å². The van der Waals surface area contributed by atoms with E-state index in [1.54, 1.807) is 7.11 Å². The first-order valence-corrected chi connectivity index (χ1v) is 9.01. The molecule has 2 aromatic rings. The van der Waals surface area contributed by atoms with Crippen molar-refractivity contribution >= 4 is 33.3 Å². The van der Waals surface area contributed by atoms with Crippen LogP contribution in [0.2, 0.25) is 0 Å². The lowest BCUT2D eigenvalue weighted by atomic mass is 9.86. The van der Waals surface area contributed by atoms with Crippen LogP contribution in [0.1, 0.15) is 41.9 Å². The molecule has 25 heavy (non-hydrogen) atoms. The predicted octanol–water partition coefficient (Wildman–Crippen LogP) is 1.74. The smallest absolute Gasteiger partial charge is 0.311 e. The number of carbonyl (C=O) groups is 2. The Kier molecular flexibility index (Phi) is 5.01. The number of nitrogens with zero attached hydrogens (tertiary/aromatic N) is 2. The van der Waals surface area contributed by atoms with E-state index in [1.165, 1.54) is 22.8 Å². The molecule has 1 unspecified atom stereocenters. The van der Waals surface area contributed by atoms with Gasteiger partial charge in [-0.3, -0.25) is 19.0 Å². The Morgan fingerprint density at radius 1 is 1.44 bits per heavy atom. The molecule has 7 nitrogen and oxygen atoms in total. The third-order valence-corrected chi connectivity index (χ3v) is 5.62. The Labute approximate surface area is 148 Å². The van der Waals surface area contributed by atoms with Crippen LogP contribution < -0.4 is 5.56 Å². The summed E-state index contributed by atoms with van der Waals surface area (Å²) in [7, 11) is 1.56. The minimum Gasteiger partial charge on any atom is -0.481 e. The van der Waals surface area contributed by atoms with E-state index >= 15 is 0 Å². The van der Waals surface area contributed by atoms with E-state index in [0.717, 1.165) is 17.7 Å². The Hall–Kier alpha value is -2.06. The number of methoxy groups -OCH3 is 1. The second-order valence-corrected chi connectivity index (χ2v) is 7.35. The molecule has 1 N–H and O–H groups in total. The van der Waals surface area contributed by atoms with Gasteiger partial charge in [0, 0.05) is 18.4 Å². The number of ketones is 1. The van der Waals surface area contributed by atoms with Gasteiger partial charge in [0.25, 0.3) is 5.56 Å². The Bertz CT molecular complexity index is 899. The highest BCUT2D eigenvalue weighted by Crippen LogP contribution is 2.40. The third-order valence-electron chi connectivity index (χ3n) is 4.46.